The lowest BCUT2D eigenvalue weighted by atomic mass is 9.69. The van der Waals surface area contributed by atoms with E-state index in [4.69, 9.17) is 9.47 Å². The molecule has 2 aliphatic heterocycles. The number of fused-ring (bicyclic) bond motifs is 1. The maximum absolute atomic E-state index is 13.7. The minimum atomic E-state index is -5.03. The molecular formula is C27H26F7NO4. The Balaban J connectivity index is 1.77. The molecule has 1 amide bonds. The van der Waals surface area contributed by atoms with Crippen molar-refractivity contribution < 1.29 is 49.8 Å². The van der Waals surface area contributed by atoms with E-state index in [1.165, 1.54) is 43.2 Å². The molecule has 39 heavy (non-hydrogen) atoms. The van der Waals surface area contributed by atoms with Gasteiger partial charge in [-0.05, 0) is 61.7 Å². The van der Waals surface area contributed by atoms with Gasteiger partial charge in [0.2, 0.25) is 5.91 Å². The van der Waals surface area contributed by atoms with Crippen molar-refractivity contribution in [1.82, 2.24) is 4.90 Å². The lowest BCUT2D eigenvalue weighted by molar-refractivity contribution is -0.163. The molecule has 2 aliphatic rings. The Hall–Kier alpha value is -3.15. The van der Waals surface area contributed by atoms with Gasteiger partial charge in [0.05, 0.1) is 41.9 Å². The molecule has 0 bridgehead atoms. The highest BCUT2D eigenvalue weighted by Gasteiger charge is 2.59. The second-order valence-electron chi connectivity index (χ2n) is 10.1. The summed E-state index contributed by atoms with van der Waals surface area (Å²) in [6.45, 7) is 2.87. The van der Waals surface area contributed by atoms with Gasteiger partial charge in [0.1, 0.15) is 5.82 Å². The Bertz CT molecular complexity index is 1210. The van der Waals surface area contributed by atoms with Crippen LogP contribution in [0.1, 0.15) is 61.0 Å². The van der Waals surface area contributed by atoms with Crippen LogP contribution >= 0.6 is 0 Å². The third-order valence-electron chi connectivity index (χ3n) is 7.65. The van der Waals surface area contributed by atoms with Crippen LogP contribution in [0, 0.1) is 11.2 Å². The fourth-order valence-electron chi connectivity index (χ4n) is 5.69. The number of amides is 1. The molecule has 0 N–H and O–H groups in total. The Morgan fingerprint density at radius 1 is 1.03 bits per heavy atom. The van der Waals surface area contributed by atoms with Gasteiger partial charge in [-0.15, -0.1) is 0 Å². The number of carbonyl (C=O) groups is 2. The zero-order chi connectivity index (χ0) is 28.9. The third-order valence-corrected chi connectivity index (χ3v) is 7.65. The number of rotatable bonds is 5. The summed E-state index contributed by atoms with van der Waals surface area (Å²) < 4.78 is 105. The van der Waals surface area contributed by atoms with Crippen LogP contribution in [0.25, 0.3) is 0 Å². The maximum atomic E-state index is 13.7. The van der Waals surface area contributed by atoms with Gasteiger partial charge in [-0.25, -0.2) is 4.39 Å². The molecule has 2 aromatic carbocycles. The second kappa shape index (κ2) is 10.1. The Labute approximate surface area is 219 Å². The Morgan fingerprint density at radius 2 is 1.59 bits per heavy atom. The molecule has 0 radical (unpaired) electrons. The van der Waals surface area contributed by atoms with Crippen LogP contribution in [0.3, 0.4) is 0 Å². The van der Waals surface area contributed by atoms with Gasteiger partial charge in [0.15, 0.2) is 0 Å². The molecule has 2 heterocycles. The van der Waals surface area contributed by atoms with Gasteiger partial charge in [-0.1, -0.05) is 12.1 Å². The summed E-state index contributed by atoms with van der Waals surface area (Å²) in [6.07, 6.45) is -12.1. The van der Waals surface area contributed by atoms with E-state index < -0.39 is 64.8 Å². The van der Waals surface area contributed by atoms with Crippen molar-refractivity contribution in [1.29, 1.82) is 0 Å². The van der Waals surface area contributed by atoms with Gasteiger partial charge < -0.3 is 14.4 Å². The highest BCUT2D eigenvalue weighted by atomic mass is 19.4. The normalized spacial score (nSPS) is 26.4. The van der Waals surface area contributed by atoms with Crippen LogP contribution in [-0.4, -0.2) is 42.6 Å². The molecule has 5 atom stereocenters. The van der Waals surface area contributed by atoms with Gasteiger partial charge in [-0.3, -0.25) is 9.59 Å². The standard InChI is InChI=1S/C27H26F7NO4/c1-14(16-10-17(26(29,30)31)12-18(11-16)27(32,33)34)39-20-13-35-21(36)8-9-25(2,24(37)38-3)23(35)22(20)15-4-6-19(28)7-5-15/h4-7,10-12,14,20,22-23H,8-9,13H2,1-3H3/t14-,20+,22-,23-,25?/m1/s1. The number of hydrogen-bond acceptors (Lipinski definition) is 4. The summed E-state index contributed by atoms with van der Waals surface area (Å²) in [5.74, 6) is -2.17. The van der Waals surface area contributed by atoms with E-state index >= 15 is 0 Å². The predicted octanol–water partition coefficient (Wildman–Crippen LogP) is 6.28. The summed E-state index contributed by atoms with van der Waals surface area (Å²) in [5, 5.41) is 0. The van der Waals surface area contributed by atoms with Crippen LogP contribution in [0.15, 0.2) is 42.5 Å². The van der Waals surface area contributed by atoms with Crippen LogP contribution in [0.2, 0.25) is 0 Å². The van der Waals surface area contributed by atoms with E-state index in [0.717, 1.165) is 0 Å². The molecular weight excluding hydrogens is 535 g/mol. The molecule has 4 rings (SSSR count). The zero-order valence-electron chi connectivity index (χ0n) is 21.2. The Morgan fingerprint density at radius 3 is 2.10 bits per heavy atom. The van der Waals surface area contributed by atoms with E-state index in [2.05, 4.69) is 0 Å². The summed E-state index contributed by atoms with van der Waals surface area (Å²) in [7, 11) is 1.21. The first-order chi connectivity index (χ1) is 18.1. The minimum absolute atomic E-state index is 0.0308. The van der Waals surface area contributed by atoms with E-state index in [-0.39, 0.29) is 36.9 Å². The van der Waals surface area contributed by atoms with Gasteiger partial charge in [0.25, 0.3) is 0 Å². The topological polar surface area (TPSA) is 55.8 Å². The van der Waals surface area contributed by atoms with Crippen molar-refractivity contribution in [3.8, 4) is 0 Å². The highest BCUT2D eigenvalue weighted by molar-refractivity contribution is 5.85. The quantitative estimate of drug-likeness (QED) is 0.319. The van der Waals surface area contributed by atoms with Crippen molar-refractivity contribution in [2.75, 3.05) is 13.7 Å². The van der Waals surface area contributed by atoms with E-state index in [9.17, 15) is 40.3 Å². The van der Waals surface area contributed by atoms with Crippen molar-refractivity contribution in [2.45, 2.75) is 63.2 Å². The minimum Gasteiger partial charge on any atom is -0.469 e. The van der Waals surface area contributed by atoms with Gasteiger partial charge in [0, 0.05) is 18.9 Å². The van der Waals surface area contributed by atoms with Crippen LogP contribution < -0.4 is 0 Å². The number of alkyl halides is 6. The molecule has 2 fully saturated rings. The van der Waals surface area contributed by atoms with Gasteiger partial charge in [-0.2, -0.15) is 26.3 Å². The van der Waals surface area contributed by atoms with Crippen LogP contribution in [0.5, 0.6) is 0 Å². The van der Waals surface area contributed by atoms with Crippen LogP contribution in [-0.2, 0) is 31.4 Å². The smallest absolute Gasteiger partial charge is 0.416 e. The van der Waals surface area contributed by atoms with E-state index in [1.54, 1.807) is 6.92 Å². The first-order valence-electron chi connectivity index (χ1n) is 12.1. The monoisotopic (exact) mass is 561 g/mol. The average molecular weight is 561 g/mol. The zero-order valence-corrected chi connectivity index (χ0v) is 21.2. The van der Waals surface area contributed by atoms with Crippen LogP contribution in [0.4, 0.5) is 30.7 Å². The molecule has 0 aromatic heterocycles. The molecule has 2 aromatic rings. The third kappa shape index (κ3) is 5.48. The number of piperidine rings is 1. The predicted molar refractivity (Wildman–Crippen MR) is 124 cm³/mol. The lowest BCUT2D eigenvalue weighted by Crippen LogP contribution is -2.55. The number of ether oxygens (including phenoxy) is 2. The number of hydrogen-bond donors (Lipinski definition) is 0. The number of esters is 1. The number of carbonyl (C=O) groups excluding carboxylic acids is 2. The second-order valence-corrected chi connectivity index (χ2v) is 10.1. The molecule has 212 valence electrons. The maximum Gasteiger partial charge on any atom is 0.416 e. The SMILES string of the molecule is COC(=O)C1(C)CCC(=O)N2C[C@H](O[C@H](C)c3cc(C(F)(F)F)cc(C(F)(F)F)c3)[C@@H](c3ccc(F)cc3)[C@@H]21. The van der Waals surface area contributed by atoms with Crippen molar-refractivity contribution in [3.05, 3.63) is 70.5 Å². The molecule has 5 nitrogen and oxygen atoms in total. The molecule has 12 heteroatoms. The fraction of sp³-hybridized carbons (Fsp3) is 0.481. The first-order valence-corrected chi connectivity index (χ1v) is 12.1. The van der Waals surface area contributed by atoms with E-state index in [0.29, 0.717) is 17.7 Å². The van der Waals surface area contributed by atoms with Crippen molar-refractivity contribution in [3.63, 3.8) is 0 Å². The summed E-state index contributed by atoms with van der Waals surface area (Å²) in [5.41, 5.74) is -4.01. The number of benzene rings is 2. The average Bonchev–Trinajstić information content (AvgIpc) is 3.25. The Kier molecular flexibility index (Phi) is 7.48. The number of halogens is 7. The summed E-state index contributed by atoms with van der Waals surface area (Å²) in [4.78, 5) is 27.3. The molecule has 0 aliphatic carbocycles. The number of nitrogens with zero attached hydrogens (tertiary/aromatic N) is 1. The lowest BCUT2D eigenvalue weighted by Gasteiger charge is -2.44. The molecule has 2 saturated heterocycles. The van der Waals surface area contributed by atoms with E-state index in [1.807, 2.05) is 0 Å². The van der Waals surface area contributed by atoms with Crippen molar-refractivity contribution >= 4 is 11.9 Å². The largest absolute Gasteiger partial charge is 0.469 e. The molecule has 0 saturated carbocycles. The summed E-state index contributed by atoms with van der Waals surface area (Å²) >= 11 is 0. The van der Waals surface area contributed by atoms with Gasteiger partial charge >= 0.3 is 18.3 Å². The molecule has 0 spiro atoms. The highest BCUT2D eigenvalue weighted by Crippen LogP contribution is 2.51. The summed E-state index contributed by atoms with van der Waals surface area (Å²) in [6, 6.07) is 5.69. The van der Waals surface area contributed by atoms with Crippen molar-refractivity contribution in [2.24, 2.45) is 5.41 Å². The molecule has 1 unspecified atom stereocenters. The first kappa shape index (κ1) is 28.8. The fourth-order valence-corrected chi connectivity index (χ4v) is 5.69. The number of methoxy groups -OCH3 is 1.